The molecule has 0 radical (unpaired) electrons. The van der Waals surface area contributed by atoms with E-state index in [1.54, 1.807) is 26.8 Å². The predicted molar refractivity (Wildman–Crippen MR) is 212 cm³/mol. The number of hydrogen-bond donors (Lipinski definition) is 1. The van der Waals surface area contributed by atoms with Crippen LogP contribution in [0, 0.1) is 34.9 Å². The normalized spacial score (nSPS) is 29.4. The molecule has 4 aliphatic rings. The lowest BCUT2D eigenvalue weighted by molar-refractivity contribution is -0.197. The molecular formula is C43H56F3N3O9S. The summed E-state index contributed by atoms with van der Waals surface area (Å²) in [5.41, 5.74) is -3.55. The van der Waals surface area contributed by atoms with Gasteiger partial charge in [0, 0.05) is 31.3 Å². The number of amides is 2. The van der Waals surface area contributed by atoms with Crippen molar-refractivity contribution in [2.24, 2.45) is 29.1 Å². The number of ketones is 1. The molecule has 6 rings (SSSR count). The van der Waals surface area contributed by atoms with E-state index in [1.165, 1.54) is 23.2 Å². The number of carbonyl (C=O) groups is 4. The third-order valence-corrected chi connectivity index (χ3v) is 15.1. The lowest BCUT2D eigenvalue weighted by Gasteiger charge is -2.34. The van der Waals surface area contributed by atoms with Gasteiger partial charge in [0.25, 0.3) is 5.92 Å². The first-order valence-electron chi connectivity index (χ1n) is 20.5. The first kappa shape index (κ1) is 44.3. The van der Waals surface area contributed by atoms with Crippen molar-refractivity contribution >= 4 is 44.4 Å². The number of esters is 1. The van der Waals surface area contributed by atoms with E-state index in [2.05, 4.69) is 9.71 Å². The van der Waals surface area contributed by atoms with Crippen molar-refractivity contribution in [3.05, 3.63) is 42.4 Å². The second-order valence-electron chi connectivity index (χ2n) is 18.0. The van der Waals surface area contributed by atoms with Gasteiger partial charge < -0.3 is 19.1 Å². The molecule has 2 aliphatic heterocycles. The minimum Gasteiger partial charge on any atom is -0.491 e. The van der Waals surface area contributed by atoms with Gasteiger partial charge in [-0.2, -0.15) is 0 Å². The van der Waals surface area contributed by atoms with Crippen LogP contribution in [0.3, 0.4) is 0 Å². The number of aromatic nitrogens is 1. The van der Waals surface area contributed by atoms with Gasteiger partial charge >= 0.3 is 5.97 Å². The van der Waals surface area contributed by atoms with Crippen LogP contribution in [0.15, 0.2) is 36.5 Å². The van der Waals surface area contributed by atoms with E-state index in [9.17, 15) is 36.4 Å². The molecule has 1 aromatic carbocycles. The molecule has 1 saturated heterocycles. The van der Waals surface area contributed by atoms with Gasteiger partial charge in [-0.3, -0.25) is 23.9 Å². The van der Waals surface area contributed by atoms with E-state index in [-0.39, 0.29) is 50.0 Å². The molecule has 16 heteroatoms. The molecule has 12 nitrogen and oxygen atoms in total. The van der Waals surface area contributed by atoms with Crippen molar-refractivity contribution in [2.75, 3.05) is 13.2 Å². The lowest BCUT2D eigenvalue weighted by atomic mass is 9.82. The summed E-state index contributed by atoms with van der Waals surface area (Å²) in [4.78, 5) is 62.7. The number of hydrogen-bond acceptors (Lipinski definition) is 10. The highest BCUT2D eigenvalue weighted by molar-refractivity contribution is 7.91. The van der Waals surface area contributed by atoms with Crippen LogP contribution in [-0.2, 0) is 33.9 Å². The number of nitrogens with one attached hydrogen (secondary N) is 1. The number of allylic oxidation sites excluding steroid dienone is 2. The van der Waals surface area contributed by atoms with Crippen molar-refractivity contribution in [1.82, 2.24) is 14.6 Å². The molecule has 324 valence electrons. The van der Waals surface area contributed by atoms with Gasteiger partial charge in [0.15, 0.2) is 23.0 Å². The minimum atomic E-state index is -4.03. The number of pyridine rings is 1. The Hall–Kier alpha value is -4.21. The van der Waals surface area contributed by atoms with Gasteiger partial charge in [-0.15, -0.1) is 0 Å². The zero-order valence-electron chi connectivity index (χ0n) is 34.8. The third-order valence-electron chi connectivity index (χ3n) is 13.0. The quantitative estimate of drug-likeness (QED) is 0.183. The van der Waals surface area contributed by atoms with Crippen LogP contribution in [0.4, 0.5) is 13.2 Å². The molecule has 59 heavy (non-hydrogen) atoms. The smallest absolute Gasteiger partial charge is 0.307 e. The second kappa shape index (κ2) is 16.3. The third kappa shape index (κ3) is 9.26. The molecular weight excluding hydrogens is 792 g/mol. The Bertz CT molecular complexity index is 2120. The van der Waals surface area contributed by atoms with Crippen LogP contribution in [0.25, 0.3) is 10.8 Å². The molecule has 0 unspecified atom stereocenters. The summed E-state index contributed by atoms with van der Waals surface area (Å²) in [7, 11) is -4.03. The van der Waals surface area contributed by atoms with Gasteiger partial charge in [0.1, 0.15) is 6.10 Å². The summed E-state index contributed by atoms with van der Waals surface area (Å²) in [6.07, 6.45) is 6.24. The highest BCUT2D eigenvalue weighted by atomic mass is 32.2. The maximum absolute atomic E-state index is 15.1. The van der Waals surface area contributed by atoms with Crippen LogP contribution in [-0.4, -0.2) is 83.4 Å². The number of rotatable bonds is 11. The van der Waals surface area contributed by atoms with Gasteiger partial charge in [0.05, 0.1) is 41.7 Å². The number of Topliss-reactive ketones (excluding diaryl/α,β-unsaturated/α-hetero) is 1. The van der Waals surface area contributed by atoms with Crippen LogP contribution in [0.1, 0.15) is 106 Å². The summed E-state index contributed by atoms with van der Waals surface area (Å²) in [5.74, 6) is -8.72. The Morgan fingerprint density at radius 1 is 1.10 bits per heavy atom. The molecule has 0 bridgehead atoms. The number of carbonyl (C=O) groups excluding carboxylic acids is 4. The monoisotopic (exact) mass is 847 g/mol. The molecule has 1 N–H and O–H groups in total. The van der Waals surface area contributed by atoms with E-state index < -0.39 is 97.4 Å². The number of ether oxygens (including phenoxy) is 3. The first-order valence-corrected chi connectivity index (χ1v) is 22.0. The van der Waals surface area contributed by atoms with Gasteiger partial charge in [-0.05, 0) is 108 Å². The summed E-state index contributed by atoms with van der Waals surface area (Å²) >= 11 is 0. The van der Waals surface area contributed by atoms with Crippen LogP contribution < -0.4 is 14.2 Å². The number of nitrogens with zero attached hydrogens (tertiary/aromatic N) is 2. The van der Waals surface area contributed by atoms with Gasteiger partial charge in [-0.25, -0.2) is 26.6 Å². The van der Waals surface area contributed by atoms with Crippen molar-refractivity contribution in [1.29, 1.82) is 0 Å². The Labute approximate surface area is 344 Å². The molecule has 2 aromatic rings. The van der Waals surface area contributed by atoms with E-state index in [0.717, 1.165) is 13.8 Å². The number of sulfonamides is 1. The van der Waals surface area contributed by atoms with Crippen LogP contribution in [0.5, 0.6) is 11.6 Å². The number of benzene rings is 1. The molecule has 7 atom stereocenters. The fraction of sp³-hybridized carbons (Fsp3) is 0.651. The van der Waals surface area contributed by atoms with Crippen molar-refractivity contribution in [3.8, 4) is 11.6 Å². The maximum atomic E-state index is 15.1. The number of alkyl halides is 2. The number of fused-ring (bicyclic) bond motifs is 3. The topological polar surface area (TPSA) is 158 Å². The van der Waals surface area contributed by atoms with Crippen LogP contribution >= 0.6 is 0 Å². The average molecular weight is 848 g/mol. The van der Waals surface area contributed by atoms with Crippen LogP contribution in [0.2, 0.25) is 0 Å². The summed E-state index contributed by atoms with van der Waals surface area (Å²) in [5, 5.41) is 0.890. The Morgan fingerprint density at radius 2 is 1.81 bits per heavy atom. The van der Waals surface area contributed by atoms with Crippen molar-refractivity contribution in [3.63, 3.8) is 0 Å². The molecule has 0 spiro atoms. The van der Waals surface area contributed by atoms with E-state index >= 15 is 4.39 Å². The molecule has 2 aliphatic carbocycles. The van der Waals surface area contributed by atoms with E-state index in [0.29, 0.717) is 49.8 Å². The Morgan fingerprint density at radius 3 is 2.47 bits per heavy atom. The van der Waals surface area contributed by atoms with E-state index in [4.69, 9.17) is 14.2 Å². The molecule has 2 amide bonds. The lowest BCUT2D eigenvalue weighted by Crippen LogP contribution is -2.49. The van der Waals surface area contributed by atoms with Gasteiger partial charge in [-0.1, -0.05) is 26.0 Å². The molecule has 1 aromatic heterocycles. The Kier molecular flexibility index (Phi) is 12.3. The maximum Gasteiger partial charge on any atom is 0.307 e. The second-order valence-corrected chi connectivity index (χ2v) is 20.2. The summed E-state index contributed by atoms with van der Waals surface area (Å²) in [6.45, 7) is 10.0. The zero-order chi connectivity index (χ0) is 43.3. The Balaban J connectivity index is 1.36. The molecule has 2 saturated carbocycles. The number of halogens is 3. The first-order chi connectivity index (χ1) is 27.5. The predicted octanol–water partition coefficient (Wildman–Crippen LogP) is 7.08. The fourth-order valence-electron chi connectivity index (χ4n) is 8.35. The van der Waals surface area contributed by atoms with Crippen molar-refractivity contribution < 1.29 is 55.0 Å². The average Bonchev–Trinajstić information content (AvgIpc) is 4.02. The van der Waals surface area contributed by atoms with Crippen molar-refractivity contribution in [2.45, 2.75) is 135 Å². The highest BCUT2D eigenvalue weighted by Gasteiger charge is 2.63. The van der Waals surface area contributed by atoms with E-state index in [1.807, 2.05) is 19.1 Å². The molecule has 3 heterocycles. The fourth-order valence-corrected chi connectivity index (χ4v) is 9.68. The summed E-state index contributed by atoms with van der Waals surface area (Å²) in [6, 6.07) is 3.23. The molecule has 3 fully saturated rings. The summed E-state index contributed by atoms with van der Waals surface area (Å²) < 4.78 is 88.7. The highest BCUT2D eigenvalue weighted by Crippen LogP contribution is 2.58. The zero-order valence-corrected chi connectivity index (χ0v) is 35.6. The largest absolute Gasteiger partial charge is 0.491 e. The standard InChI is InChI=1S/C43H56F3N3O9S/c1-8-56-35-18-27-13-16-47-37(31(27)20-32(35)44)57-29-19-33-34(50)23-43(39(53)48-59(54,55)41(6)14-15-41)22-28(43)12-10-9-11-25(2)17-26(3)30(38(52)49(33)24-29)21-36(51)58-40(4,5)42(7,45)46/h10,12-13,16,18,20,25-26,28-30,33H,8-9,11,14-15,17,19,21-24H2,1-7H3,(H,48,53)/b12-10-/t25-,26+,28+,29+,30-,33-,43+/m0/s1. The SMILES string of the molecule is CCOc1cc2ccnc(O[C@@H]3C[C@H]4C(=O)C[C@]5(C(=O)NS(=O)(=O)C6(C)CC6)C[C@H]5/C=C\CC[C@H](C)C[C@@H](C)[C@H](CC(=O)OC(C)(C)C(C)(F)F)C(=O)N4C3)c2cc1F. The van der Waals surface area contributed by atoms with Gasteiger partial charge in [0.2, 0.25) is 27.7 Å². The minimum absolute atomic E-state index is 0.0455.